The maximum Gasteiger partial charge on any atom is 0.191 e. The SMILES string of the molecule is CCNC(=NCc1ccccc1CO)NCCCn1cccn1. The van der Waals surface area contributed by atoms with E-state index in [0.717, 1.165) is 43.1 Å². The number of benzene rings is 1. The second-order valence-electron chi connectivity index (χ2n) is 5.17. The van der Waals surface area contributed by atoms with Crippen LogP contribution >= 0.6 is 0 Å². The number of aromatic nitrogens is 2. The van der Waals surface area contributed by atoms with Crippen LogP contribution < -0.4 is 10.6 Å². The van der Waals surface area contributed by atoms with Crippen LogP contribution in [0.4, 0.5) is 0 Å². The van der Waals surface area contributed by atoms with Gasteiger partial charge in [0.15, 0.2) is 5.96 Å². The molecule has 0 aliphatic carbocycles. The summed E-state index contributed by atoms with van der Waals surface area (Å²) in [5, 5.41) is 20.1. The summed E-state index contributed by atoms with van der Waals surface area (Å²) in [6, 6.07) is 9.75. The maximum atomic E-state index is 9.36. The number of aliphatic hydroxyl groups excluding tert-OH is 1. The second kappa shape index (κ2) is 9.63. The number of hydrogen-bond acceptors (Lipinski definition) is 3. The van der Waals surface area contributed by atoms with Gasteiger partial charge in [-0.15, -0.1) is 0 Å². The summed E-state index contributed by atoms with van der Waals surface area (Å²) in [5.74, 6) is 0.792. The van der Waals surface area contributed by atoms with Crippen LogP contribution in [-0.4, -0.2) is 33.9 Å². The number of guanidine groups is 1. The zero-order valence-corrected chi connectivity index (χ0v) is 13.6. The average Bonchev–Trinajstić information content (AvgIpc) is 3.10. The third-order valence-electron chi connectivity index (χ3n) is 3.46. The van der Waals surface area contributed by atoms with Gasteiger partial charge >= 0.3 is 0 Å². The van der Waals surface area contributed by atoms with E-state index in [1.54, 1.807) is 6.20 Å². The molecule has 1 aromatic carbocycles. The van der Waals surface area contributed by atoms with Crippen molar-refractivity contribution in [2.24, 2.45) is 4.99 Å². The Balaban J connectivity index is 1.84. The van der Waals surface area contributed by atoms with Gasteiger partial charge in [-0.3, -0.25) is 4.68 Å². The molecule has 6 heteroatoms. The van der Waals surface area contributed by atoms with E-state index in [9.17, 15) is 5.11 Å². The van der Waals surface area contributed by atoms with Gasteiger partial charge in [0.1, 0.15) is 0 Å². The molecule has 0 aliphatic rings. The standard InChI is InChI=1S/C17H25N5O/c1-2-18-17(19-9-5-11-22-12-6-10-21-22)20-13-15-7-3-4-8-16(15)14-23/h3-4,6-8,10,12,23H,2,5,9,11,13-14H2,1H3,(H2,18,19,20). The van der Waals surface area contributed by atoms with Crippen LogP contribution in [0.15, 0.2) is 47.7 Å². The Kier molecular flexibility index (Phi) is 7.13. The number of rotatable bonds is 8. The lowest BCUT2D eigenvalue weighted by atomic mass is 10.1. The van der Waals surface area contributed by atoms with Crippen molar-refractivity contribution < 1.29 is 5.11 Å². The van der Waals surface area contributed by atoms with Crippen LogP contribution in [0.2, 0.25) is 0 Å². The summed E-state index contributed by atoms with van der Waals surface area (Å²) in [4.78, 5) is 4.59. The monoisotopic (exact) mass is 315 g/mol. The molecule has 0 bridgehead atoms. The minimum Gasteiger partial charge on any atom is -0.392 e. The molecule has 0 saturated heterocycles. The summed E-state index contributed by atoms with van der Waals surface area (Å²) in [6.07, 6.45) is 4.72. The Morgan fingerprint density at radius 3 is 2.74 bits per heavy atom. The smallest absolute Gasteiger partial charge is 0.191 e. The topological polar surface area (TPSA) is 74.5 Å². The molecule has 0 fully saturated rings. The van der Waals surface area contributed by atoms with E-state index in [4.69, 9.17) is 0 Å². The Labute approximate surface area is 137 Å². The van der Waals surface area contributed by atoms with Gasteiger partial charge < -0.3 is 15.7 Å². The number of aliphatic imine (C=N–C) groups is 1. The average molecular weight is 315 g/mol. The third-order valence-corrected chi connectivity index (χ3v) is 3.46. The molecule has 3 N–H and O–H groups in total. The number of aryl methyl sites for hydroxylation is 1. The molecule has 6 nitrogen and oxygen atoms in total. The van der Waals surface area contributed by atoms with E-state index in [2.05, 4.69) is 20.7 Å². The van der Waals surface area contributed by atoms with E-state index < -0.39 is 0 Å². The lowest BCUT2D eigenvalue weighted by Crippen LogP contribution is -2.38. The first-order valence-electron chi connectivity index (χ1n) is 8.00. The second-order valence-corrected chi connectivity index (χ2v) is 5.17. The zero-order valence-electron chi connectivity index (χ0n) is 13.6. The summed E-state index contributed by atoms with van der Waals surface area (Å²) in [5.41, 5.74) is 1.97. The summed E-state index contributed by atoms with van der Waals surface area (Å²) >= 11 is 0. The number of nitrogens with zero attached hydrogens (tertiary/aromatic N) is 3. The van der Waals surface area contributed by atoms with Crippen molar-refractivity contribution in [2.45, 2.75) is 33.0 Å². The first-order chi connectivity index (χ1) is 11.3. The van der Waals surface area contributed by atoms with Crippen LogP contribution in [0, 0.1) is 0 Å². The number of aliphatic hydroxyl groups is 1. The predicted octanol–water partition coefficient (Wildman–Crippen LogP) is 1.52. The van der Waals surface area contributed by atoms with Gasteiger partial charge in [-0.1, -0.05) is 24.3 Å². The molecular weight excluding hydrogens is 290 g/mol. The van der Waals surface area contributed by atoms with Crippen LogP contribution in [0.3, 0.4) is 0 Å². The maximum absolute atomic E-state index is 9.36. The molecule has 2 aromatic rings. The number of hydrogen-bond donors (Lipinski definition) is 3. The van der Waals surface area contributed by atoms with Gasteiger partial charge in [0, 0.05) is 32.0 Å². The molecule has 23 heavy (non-hydrogen) atoms. The van der Waals surface area contributed by atoms with Crippen molar-refractivity contribution in [1.29, 1.82) is 0 Å². The van der Waals surface area contributed by atoms with Crippen LogP contribution in [0.25, 0.3) is 0 Å². The Morgan fingerprint density at radius 1 is 1.22 bits per heavy atom. The fraction of sp³-hybridized carbons (Fsp3) is 0.412. The predicted molar refractivity (Wildman–Crippen MR) is 92.0 cm³/mol. The Bertz CT molecular complexity index is 595. The Morgan fingerprint density at radius 2 is 2.04 bits per heavy atom. The van der Waals surface area contributed by atoms with Crippen molar-refractivity contribution in [1.82, 2.24) is 20.4 Å². The molecule has 0 aliphatic heterocycles. The van der Waals surface area contributed by atoms with E-state index >= 15 is 0 Å². The first kappa shape index (κ1) is 17.0. The van der Waals surface area contributed by atoms with Crippen molar-refractivity contribution >= 4 is 5.96 Å². The van der Waals surface area contributed by atoms with Gasteiger partial charge in [0.2, 0.25) is 0 Å². The summed E-state index contributed by atoms with van der Waals surface area (Å²) < 4.78 is 1.92. The van der Waals surface area contributed by atoms with Crippen LogP contribution in [-0.2, 0) is 19.7 Å². The van der Waals surface area contributed by atoms with Crippen LogP contribution in [0.1, 0.15) is 24.5 Å². The molecule has 0 amide bonds. The number of nitrogens with one attached hydrogen (secondary N) is 2. The van der Waals surface area contributed by atoms with Crippen molar-refractivity contribution in [3.63, 3.8) is 0 Å². The molecule has 2 rings (SSSR count). The molecule has 0 saturated carbocycles. The third kappa shape index (κ3) is 5.75. The van der Waals surface area contributed by atoms with Crippen LogP contribution in [0.5, 0.6) is 0 Å². The fourth-order valence-electron chi connectivity index (χ4n) is 2.25. The highest BCUT2D eigenvalue weighted by molar-refractivity contribution is 5.79. The van der Waals surface area contributed by atoms with Crippen molar-refractivity contribution in [2.75, 3.05) is 13.1 Å². The molecule has 0 radical (unpaired) electrons. The largest absolute Gasteiger partial charge is 0.392 e. The zero-order chi connectivity index (χ0) is 16.3. The van der Waals surface area contributed by atoms with E-state index in [0.29, 0.717) is 6.54 Å². The highest BCUT2D eigenvalue weighted by Gasteiger charge is 2.01. The lowest BCUT2D eigenvalue weighted by Gasteiger charge is -2.12. The first-order valence-corrected chi connectivity index (χ1v) is 8.00. The highest BCUT2D eigenvalue weighted by Crippen LogP contribution is 2.09. The van der Waals surface area contributed by atoms with E-state index in [1.165, 1.54) is 0 Å². The normalized spacial score (nSPS) is 11.5. The summed E-state index contributed by atoms with van der Waals surface area (Å²) in [6.45, 7) is 5.15. The van der Waals surface area contributed by atoms with Crippen molar-refractivity contribution in [3.8, 4) is 0 Å². The lowest BCUT2D eigenvalue weighted by molar-refractivity contribution is 0.280. The van der Waals surface area contributed by atoms with E-state index in [-0.39, 0.29) is 6.61 Å². The summed E-state index contributed by atoms with van der Waals surface area (Å²) in [7, 11) is 0. The minimum atomic E-state index is 0.0412. The molecule has 0 atom stereocenters. The molecule has 1 aromatic heterocycles. The molecule has 0 unspecified atom stereocenters. The van der Waals surface area contributed by atoms with Crippen molar-refractivity contribution in [3.05, 3.63) is 53.9 Å². The Hall–Kier alpha value is -2.34. The van der Waals surface area contributed by atoms with Gasteiger partial charge in [-0.05, 0) is 30.5 Å². The molecule has 0 spiro atoms. The molecular formula is C17H25N5O. The van der Waals surface area contributed by atoms with Gasteiger partial charge in [0.25, 0.3) is 0 Å². The fourth-order valence-corrected chi connectivity index (χ4v) is 2.25. The quantitative estimate of drug-likeness (QED) is 0.392. The van der Waals surface area contributed by atoms with E-state index in [1.807, 2.05) is 48.1 Å². The molecule has 1 heterocycles. The molecule has 124 valence electrons. The highest BCUT2D eigenvalue weighted by atomic mass is 16.3. The van der Waals surface area contributed by atoms with Gasteiger partial charge in [-0.25, -0.2) is 4.99 Å². The van der Waals surface area contributed by atoms with Gasteiger partial charge in [0.05, 0.1) is 13.2 Å². The van der Waals surface area contributed by atoms with Gasteiger partial charge in [-0.2, -0.15) is 5.10 Å². The minimum absolute atomic E-state index is 0.0412.